The first-order chi connectivity index (χ1) is 7.61. The molecule has 1 N–H and O–H groups in total. The predicted molar refractivity (Wildman–Crippen MR) is 58.1 cm³/mol. The second-order valence-corrected chi connectivity index (χ2v) is 4.18. The van der Waals surface area contributed by atoms with E-state index in [9.17, 15) is 9.59 Å². The van der Waals surface area contributed by atoms with Crippen LogP contribution in [0.3, 0.4) is 0 Å². The molecular formula is C11H19NO4. The first kappa shape index (κ1) is 13.0. The van der Waals surface area contributed by atoms with Gasteiger partial charge in [-0.05, 0) is 12.8 Å². The molecular weight excluding hydrogens is 210 g/mol. The molecule has 0 aromatic heterocycles. The minimum atomic E-state index is -1.05. The van der Waals surface area contributed by atoms with Crippen molar-refractivity contribution in [3.63, 3.8) is 0 Å². The van der Waals surface area contributed by atoms with Crippen molar-refractivity contribution in [1.29, 1.82) is 0 Å². The highest BCUT2D eigenvalue weighted by atomic mass is 16.5. The molecule has 0 radical (unpaired) electrons. The van der Waals surface area contributed by atoms with Crippen LogP contribution in [0, 0.1) is 0 Å². The zero-order valence-electron chi connectivity index (χ0n) is 9.65. The molecule has 0 saturated heterocycles. The van der Waals surface area contributed by atoms with E-state index in [1.165, 1.54) is 6.42 Å². The number of ether oxygens (including phenoxy) is 1. The van der Waals surface area contributed by atoms with Gasteiger partial charge in [0.25, 0.3) is 0 Å². The van der Waals surface area contributed by atoms with Crippen molar-refractivity contribution in [2.75, 3.05) is 20.3 Å². The van der Waals surface area contributed by atoms with E-state index < -0.39 is 12.6 Å². The number of hydrogen-bond donors (Lipinski definition) is 1. The number of nitrogens with zero attached hydrogens (tertiary/aromatic N) is 1. The number of carboxylic acid groups (broad SMARTS) is 1. The van der Waals surface area contributed by atoms with Gasteiger partial charge in [0, 0.05) is 13.1 Å². The van der Waals surface area contributed by atoms with Gasteiger partial charge in [-0.2, -0.15) is 0 Å². The summed E-state index contributed by atoms with van der Waals surface area (Å²) in [7, 11) is 1.77. The predicted octanol–water partition coefficient (Wildman–Crippen LogP) is 0.879. The Morgan fingerprint density at radius 2 is 1.88 bits per heavy atom. The van der Waals surface area contributed by atoms with Gasteiger partial charge in [0.15, 0.2) is 0 Å². The Morgan fingerprint density at radius 3 is 2.44 bits per heavy atom. The lowest BCUT2D eigenvalue weighted by molar-refractivity contribution is -0.146. The van der Waals surface area contributed by atoms with E-state index in [2.05, 4.69) is 0 Å². The highest BCUT2D eigenvalue weighted by Gasteiger charge is 2.21. The molecule has 92 valence electrons. The number of hydrogen-bond acceptors (Lipinski definition) is 3. The van der Waals surface area contributed by atoms with E-state index in [1.54, 1.807) is 11.9 Å². The topological polar surface area (TPSA) is 66.8 Å². The van der Waals surface area contributed by atoms with Crippen molar-refractivity contribution >= 4 is 11.9 Å². The van der Waals surface area contributed by atoms with Crippen LogP contribution in [0.5, 0.6) is 0 Å². The molecule has 16 heavy (non-hydrogen) atoms. The van der Waals surface area contributed by atoms with Crippen LogP contribution in [0.2, 0.25) is 0 Å². The monoisotopic (exact) mass is 229 g/mol. The molecule has 0 spiro atoms. The maximum Gasteiger partial charge on any atom is 0.329 e. The molecule has 1 aliphatic rings. The molecule has 1 amide bonds. The van der Waals surface area contributed by atoms with Crippen molar-refractivity contribution in [2.45, 2.75) is 38.1 Å². The van der Waals surface area contributed by atoms with Crippen molar-refractivity contribution in [2.24, 2.45) is 0 Å². The van der Waals surface area contributed by atoms with Gasteiger partial charge >= 0.3 is 5.97 Å². The maximum absolute atomic E-state index is 11.6. The van der Waals surface area contributed by atoms with Gasteiger partial charge in [0.05, 0.1) is 0 Å². The molecule has 0 atom stereocenters. The second kappa shape index (κ2) is 6.48. The van der Waals surface area contributed by atoms with Gasteiger partial charge in [-0.1, -0.05) is 19.3 Å². The smallest absolute Gasteiger partial charge is 0.329 e. The summed E-state index contributed by atoms with van der Waals surface area (Å²) in [6.45, 7) is -0.552. The summed E-state index contributed by atoms with van der Waals surface area (Å²) in [6.07, 6.45) is 5.66. The van der Waals surface area contributed by atoms with Crippen molar-refractivity contribution in [3.05, 3.63) is 0 Å². The van der Waals surface area contributed by atoms with Crippen LogP contribution in [0.15, 0.2) is 0 Å². The quantitative estimate of drug-likeness (QED) is 0.760. The minimum absolute atomic E-state index is 0.131. The Balaban J connectivity index is 2.26. The summed E-state index contributed by atoms with van der Waals surface area (Å²) in [5.74, 6) is -1.18. The average molecular weight is 229 g/mol. The van der Waals surface area contributed by atoms with Gasteiger partial charge in [-0.25, -0.2) is 4.79 Å². The zero-order valence-corrected chi connectivity index (χ0v) is 9.65. The lowest BCUT2D eigenvalue weighted by atomic mass is 9.94. The first-order valence-electron chi connectivity index (χ1n) is 5.66. The Labute approximate surface area is 95.4 Å². The number of aliphatic carboxylic acids is 1. The molecule has 0 aromatic carbocycles. The van der Waals surface area contributed by atoms with Crippen LogP contribution in [-0.2, 0) is 14.3 Å². The number of carboxylic acids is 1. The van der Waals surface area contributed by atoms with E-state index >= 15 is 0 Å². The lowest BCUT2D eigenvalue weighted by Crippen LogP contribution is -2.40. The van der Waals surface area contributed by atoms with E-state index in [0.29, 0.717) is 6.04 Å². The van der Waals surface area contributed by atoms with Crippen molar-refractivity contribution in [1.82, 2.24) is 4.90 Å². The van der Waals surface area contributed by atoms with Crippen molar-refractivity contribution in [3.8, 4) is 0 Å². The van der Waals surface area contributed by atoms with Gasteiger partial charge in [0.1, 0.15) is 13.2 Å². The fourth-order valence-corrected chi connectivity index (χ4v) is 2.00. The van der Waals surface area contributed by atoms with E-state index in [0.717, 1.165) is 25.7 Å². The minimum Gasteiger partial charge on any atom is -0.480 e. The lowest BCUT2D eigenvalue weighted by Gasteiger charge is -2.31. The summed E-state index contributed by atoms with van der Waals surface area (Å²) in [6, 6.07) is 0.301. The highest BCUT2D eigenvalue weighted by molar-refractivity contribution is 5.78. The standard InChI is InChI=1S/C11H19NO4/c1-12(9-5-3-2-4-6-9)10(13)7-16-8-11(14)15/h9H,2-8H2,1H3,(H,14,15). The number of amides is 1. The molecule has 1 aliphatic carbocycles. The molecule has 0 heterocycles. The Bertz CT molecular complexity index is 248. The first-order valence-corrected chi connectivity index (χ1v) is 5.66. The van der Waals surface area contributed by atoms with Crippen LogP contribution in [0.4, 0.5) is 0 Å². The summed E-state index contributed by atoms with van der Waals surface area (Å²) in [5.41, 5.74) is 0. The third-order valence-corrected chi connectivity index (χ3v) is 2.97. The van der Waals surface area contributed by atoms with Crippen molar-refractivity contribution < 1.29 is 19.4 Å². The highest BCUT2D eigenvalue weighted by Crippen LogP contribution is 2.21. The Morgan fingerprint density at radius 1 is 1.25 bits per heavy atom. The molecule has 1 fully saturated rings. The summed E-state index contributed by atoms with van der Waals surface area (Å²) in [4.78, 5) is 23.5. The molecule has 0 bridgehead atoms. The van der Waals surface area contributed by atoms with Crippen LogP contribution < -0.4 is 0 Å². The number of rotatable bonds is 5. The molecule has 0 aliphatic heterocycles. The summed E-state index contributed by atoms with van der Waals surface area (Å²) in [5, 5.41) is 8.36. The van der Waals surface area contributed by atoms with Crippen LogP contribution in [0.25, 0.3) is 0 Å². The Kier molecular flexibility index (Phi) is 5.25. The van der Waals surface area contributed by atoms with Gasteiger partial charge in [-0.15, -0.1) is 0 Å². The van der Waals surface area contributed by atoms with Gasteiger partial charge < -0.3 is 14.7 Å². The fraction of sp³-hybridized carbons (Fsp3) is 0.818. The fourth-order valence-electron chi connectivity index (χ4n) is 2.00. The summed E-state index contributed by atoms with van der Waals surface area (Å²) < 4.78 is 4.78. The summed E-state index contributed by atoms with van der Waals surface area (Å²) >= 11 is 0. The molecule has 0 unspecified atom stereocenters. The average Bonchev–Trinajstić information content (AvgIpc) is 2.28. The number of likely N-dealkylation sites (N-methyl/N-ethyl adjacent to an activating group) is 1. The van der Waals surface area contributed by atoms with Crippen LogP contribution in [-0.4, -0.2) is 48.2 Å². The van der Waals surface area contributed by atoms with E-state index in [1.807, 2.05) is 0 Å². The van der Waals surface area contributed by atoms with Gasteiger partial charge in [-0.3, -0.25) is 4.79 Å². The maximum atomic E-state index is 11.6. The Hall–Kier alpha value is -1.10. The van der Waals surface area contributed by atoms with Crippen LogP contribution >= 0.6 is 0 Å². The molecule has 1 saturated carbocycles. The van der Waals surface area contributed by atoms with Crippen LogP contribution in [0.1, 0.15) is 32.1 Å². The normalized spacial score (nSPS) is 17.1. The largest absolute Gasteiger partial charge is 0.480 e. The van der Waals surface area contributed by atoms with Gasteiger partial charge in [0.2, 0.25) is 5.91 Å². The second-order valence-electron chi connectivity index (χ2n) is 4.18. The SMILES string of the molecule is CN(C(=O)COCC(=O)O)C1CCCCC1. The molecule has 0 aromatic rings. The number of carbonyl (C=O) groups is 2. The number of carbonyl (C=O) groups excluding carboxylic acids is 1. The van der Waals surface area contributed by atoms with E-state index in [-0.39, 0.29) is 12.5 Å². The third kappa shape index (κ3) is 4.18. The molecule has 1 rings (SSSR count). The third-order valence-electron chi connectivity index (χ3n) is 2.97. The van der Waals surface area contributed by atoms with E-state index in [4.69, 9.17) is 9.84 Å². The zero-order chi connectivity index (χ0) is 12.0. The molecule has 5 nitrogen and oxygen atoms in total. The molecule has 5 heteroatoms.